The zero-order valence-electron chi connectivity index (χ0n) is 4.83. The fraction of sp³-hybridized carbons (Fsp3) is 1.00. The quantitative estimate of drug-likeness (QED) is 0.373. The van der Waals surface area contributed by atoms with Gasteiger partial charge in [0.25, 0.3) is 0 Å². The second kappa shape index (κ2) is 5.97. The molecule has 0 aliphatic carbocycles. The topological polar surface area (TPSA) is 55.3 Å². The zero-order valence-corrected chi connectivity index (χ0v) is 6.88. The van der Waals surface area contributed by atoms with E-state index in [0.717, 1.165) is 0 Å². The molecule has 0 unspecified atom stereocenters. The van der Waals surface area contributed by atoms with Crippen molar-refractivity contribution in [1.82, 2.24) is 0 Å². The van der Waals surface area contributed by atoms with E-state index in [4.69, 9.17) is 0 Å². The molecule has 0 spiro atoms. The SMILES string of the molecule is CC(C)OP([O-])[O-].[Al+3]. The van der Waals surface area contributed by atoms with Crippen LogP contribution in [0.2, 0.25) is 0 Å². The summed E-state index contributed by atoms with van der Waals surface area (Å²) in [7, 11) is -2.64. The fourth-order valence-corrected chi connectivity index (χ4v) is 0.516. The summed E-state index contributed by atoms with van der Waals surface area (Å²) >= 11 is 0. The van der Waals surface area contributed by atoms with Gasteiger partial charge < -0.3 is 14.3 Å². The average molecular weight is 149 g/mol. The van der Waals surface area contributed by atoms with Crippen LogP contribution in [0.15, 0.2) is 0 Å². The summed E-state index contributed by atoms with van der Waals surface area (Å²) in [5.74, 6) is 0. The molecule has 0 aromatic heterocycles. The molecule has 0 heterocycles. The van der Waals surface area contributed by atoms with Gasteiger partial charge in [-0.15, -0.1) is 0 Å². The average Bonchev–Trinajstić information content (AvgIpc) is 1.27. The molecule has 0 fully saturated rings. The molecule has 44 valence electrons. The van der Waals surface area contributed by atoms with Gasteiger partial charge in [-0.05, 0) is 13.8 Å². The molecule has 0 rings (SSSR count). The molecule has 0 bridgehead atoms. The van der Waals surface area contributed by atoms with Crippen molar-refractivity contribution in [2.24, 2.45) is 0 Å². The van der Waals surface area contributed by atoms with Crippen molar-refractivity contribution in [3.05, 3.63) is 0 Å². The third-order valence-corrected chi connectivity index (χ3v) is 0.891. The van der Waals surface area contributed by atoms with E-state index >= 15 is 0 Å². The van der Waals surface area contributed by atoms with E-state index in [9.17, 15) is 9.79 Å². The molecule has 0 aromatic rings. The Kier molecular flexibility index (Phi) is 8.67. The smallest absolute Gasteiger partial charge is 0.820 e. The standard InChI is InChI=1S/C3H7O3P.Al/c1-3(2)6-7(4)5;/h3H,1-2H3;/q-2;+3. The van der Waals surface area contributed by atoms with Crippen molar-refractivity contribution < 1.29 is 14.3 Å². The molecule has 0 aromatic carbocycles. The van der Waals surface area contributed by atoms with Gasteiger partial charge in [0.15, 0.2) is 0 Å². The second-order valence-corrected chi connectivity index (χ2v) is 2.04. The third-order valence-electron chi connectivity index (χ3n) is 0.297. The summed E-state index contributed by atoms with van der Waals surface area (Å²) in [6.45, 7) is 3.32. The molecule has 0 aliphatic heterocycles. The van der Waals surface area contributed by atoms with Crippen LogP contribution in [0.3, 0.4) is 0 Å². The Hall–Kier alpha value is 0.842. The summed E-state index contributed by atoms with van der Waals surface area (Å²) in [6, 6.07) is 0. The maximum atomic E-state index is 9.62. The number of hydrogen-bond acceptors (Lipinski definition) is 3. The van der Waals surface area contributed by atoms with E-state index in [-0.39, 0.29) is 23.5 Å². The molecule has 0 saturated carbocycles. The Balaban J connectivity index is 0. The van der Waals surface area contributed by atoms with Crippen LogP contribution in [-0.4, -0.2) is 23.5 Å². The van der Waals surface area contributed by atoms with Gasteiger partial charge in [-0.25, -0.2) is 0 Å². The molecular formula is C3H7AlO3P+. The molecule has 0 amide bonds. The van der Waals surface area contributed by atoms with Gasteiger partial charge in [-0.3, -0.25) is 0 Å². The van der Waals surface area contributed by atoms with Crippen LogP contribution in [0.25, 0.3) is 0 Å². The van der Waals surface area contributed by atoms with Gasteiger partial charge in [-0.1, -0.05) is 0 Å². The van der Waals surface area contributed by atoms with Gasteiger partial charge in [0.05, 0.1) is 6.10 Å². The van der Waals surface area contributed by atoms with Crippen molar-refractivity contribution in [3.63, 3.8) is 0 Å². The minimum atomic E-state index is -2.64. The normalized spacial score (nSPS) is 9.75. The minimum Gasteiger partial charge on any atom is -0.820 e. The van der Waals surface area contributed by atoms with Crippen molar-refractivity contribution in [2.45, 2.75) is 20.0 Å². The van der Waals surface area contributed by atoms with Crippen molar-refractivity contribution in [2.75, 3.05) is 0 Å². The summed E-state index contributed by atoms with van der Waals surface area (Å²) in [5.41, 5.74) is 0. The van der Waals surface area contributed by atoms with Gasteiger partial charge >= 0.3 is 17.4 Å². The summed E-state index contributed by atoms with van der Waals surface area (Å²) in [6.07, 6.45) is -0.221. The summed E-state index contributed by atoms with van der Waals surface area (Å²) in [4.78, 5) is 19.2. The second-order valence-electron chi connectivity index (χ2n) is 1.38. The van der Waals surface area contributed by atoms with Crippen LogP contribution >= 0.6 is 8.60 Å². The third kappa shape index (κ3) is 9.96. The molecule has 3 nitrogen and oxygen atoms in total. The zero-order chi connectivity index (χ0) is 5.86. The first-order chi connectivity index (χ1) is 3.13. The Morgan fingerprint density at radius 1 is 1.38 bits per heavy atom. The maximum Gasteiger partial charge on any atom is 3.00 e. The van der Waals surface area contributed by atoms with Crippen LogP contribution in [0.5, 0.6) is 0 Å². The van der Waals surface area contributed by atoms with Crippen LogP contribution in [0.4, 0.5) is 0 Å². The van der Waals surface area contributed by atoms with Gasteiger partial charge in [-0.2, -0.15) is 8.60 Å². The van der Waals surface area contributed by atoms with Gasteiger partial charge in [0, 0.05) is 0 Å². The van der Waals surface area contributed by atoms with Crippen LogP contribution in [-0.2, 0) is 4.52 Å². The van der Waals surface area contributed by atoms with Crippen molar-refractivity contribution >= 4 is 26.0 Å². The largest absolute Gasteiger partial charge is 3.00 e. The minimum absolute atomic E-state index is 0. The molecule has 0 N–H and O–H groups in total. The predicted molar refractivity (Wildman–Crippen MR) is 28.9 cm³/mol. The molecule has 5 heteroatoms. The molecule has 8 heavy (non-hydrogen) atoms. The van der Waals surface area contributed by atoms with Crippen LogP contribution in [0.1, 0.15) is 13.8 Å². The number of rotatable bonds is 2. The van der Waals surface area contributed by atoms with E-state index in [1.807, 2.05) is 0 Å². The van der Waals surface area contributed by atoms with Crippen LogP contribution < -0.4 is 9.79 Å². The predicted octanol–water partition coefficient (Wildman–Crippen LogP) is -1.02. The summed E-state index contributed by atoms with van der Waals surface area (Å²) in [5, 5.41) is 0. The van der Waals surface area contributed by atoms with E-state index < -0.39 is 8.60 Å². The first-order valence-electron chi connectivity index (χ1n) is 1.94. The van der Waals surface area contributed by atoms with Crippen LogP contribution in [0, 0.1) is 0 Å². The molecule has 0 aliphatic rings. The van der Waals surface area contributed by atoms with E-state index in [0.29, 0.717) is 0 Å². The number of hydrogen-bond donors (Lipinski definition) is 0. The molecule has 0 atom stereocenters. The molecule has 0 radical (unpaired) electrons. The maximum absolute atomic E-state index is 9.62. The van der Waals surface area contributed by atoms with Crippen molar-refractivity contribution in [3.8, 4) is 0 Å². The fourth-order valence-electron chi connectivity index (χ4n) is 0.172. The summed E-state index contributed by atoms with van der Waals surface area (Å²) < 4.78 is 4.20. The molecule has 0 saturated heterocycles. The van der Waals surface area contributed by atoms with Gasteiger partial charge in [0.2, 0.25) is 0 Å². The Bertz CT molecular complexity index is 43.8. The first-order valence-corrected chi connectivity index (χ1v) is 3.03. The van der Waals surface area contributed by atoms with E-state index in [2.05, 4.69) is 4.52 Å². The first kappa shape index (κ1) is 11.6. The van der Waals surface area contributed by atoms with Gasteiger partial charge in [0.1, 0.15) is 0 Å². The monoisotopic (exact) mass is 149 g/mol. The van der Waals surface area contributed by atoms with E-state index in [1.54, 1.807) is 13.8 Å². The molecular weight excluding hydrogens is 142 g/mol. The van der Waals surface area contributed by atoms with Crippen molar-refractivity contribution in [1.29, 1.82) is 0 Å². The Morgan fingerprint density at radius 3 is 1.75 bits per heavy atom. The Morgan fingerprint density at radius 2 is 1.75 bits per heavy atom. The van der Waals surface area contributed by atoms with E-state index in [1.165, 1.54) is 0 Å². The Labute approximate surface area is 60.8 Å².